The van der Waals surface area contributed by atoms with Crippen molar-refractivity contribution in [2.24, 2.45) is 0 Å². The van der Waals surface area contributed by atoms with Crippen molar-refractivity contribution in [1.29, 1.82) is 0 Å². The van der Waals surface area contributed by atoms with E-state index in [-0.39, 0.29) is 12.1 Å². The molecule has 0 fully saturated rings. The number of amides is 2. The van der Waals surface area contributed by atoms with E-state index in [1.807, 2.05) is 86.6 Å². The van der Waals surface area contributed by atoms with Crippen LogP contribution in [0.3, 0.4) is 0 Å². The van der Waals surface area contributed by atoms with E-state index in [0.717, 1.165) is 32.5 Å². The van der Waals surface area contributed by atoms with E-state index in [1.54, 1.807) is 16.7 Å². The number of carbonyl (C=O) groups is 1. The minimum atomic E-state index is -0.137. The predicted octanol–water partition coefficient (Wildman–Crippen LogP) is 6.16. The minimum Gasteiger partial charge on any atom is -0.494 e. The molecule has 1 atom stereocenters. The Kier molecular flexibility index (Phi) is 5.26. The maximum Gasteiger partial charge on any atom is 0.327 e. The zero-order valence-electron chi connectivity index (χ0n) is 15.9. The molecule has 0 bridgehead atoms. The molecule has 0 unspecified atom stereocenters. The van der Waals surface area contributed by atoms with Crippen molar-refractivity contribution in [1.82, 2.24) is 5.32 Å². The second-order valence-electron chi connectivity index (χ2n) is 6.55. The number of nitrogens with zero attached hydrogens (tertiary/aromatic N) is 1. The van der Waals surface area contributed by atoms with E-state index in [0.29, 0.717) is 6.61 Å². The molecule has 4 nitrogen and oxygen atoms in total. The van der Waals surface area contributed by atoms with Gasteiger partial charge in [0.1, 0.15) is 5.75 Å². The summed E-state index contributed by atoms with van der Waals surface area (Å²) in [7, 11) is 0. The van der Waals surface area contributed by atoms with Gasteiger partial charge in [-0.1, -0.05) is 48.2 Å². The quantitative estimate of drug-likeness (QED) is 0.580. The van der Waals surface area contributed by atoms with Crippen molar-refractivity contribution < 1.29 is 9.53 Å². The molecular formula is C23H22N2O2S. The lowest BCUT2D eigenvalue weighted by atomic mass is 10.1. The van der Waals surface area contributed by atoms with Crippen molar-refractivity contribution in [3.05, 3.63) is 78.4 Å². The molecular weight excluding hydrogens is 368 g/mol. The number of benzene rings is 3. The van der Waals surface area contributed by atoms with Crippen LogP contribution in [0, 0.1) is 0 Å². The van der Waals surface area contributed by atoms with Crippen LogP contribution in [0.15, 0.2) is 82.6 Å². The molecule has 5 heteroatoms. The second kappa shape index (κ2) is 7.98. The standard InChI is InChI=1S/C23H22N2O2S/c1-3-27-18-14-12-17(13-15-18)16(2)24-23(26)25-19-8-4-6-10-21(19)28-22-11-7-5-9-20(22)25/h4-16H,3H2,1-2H3,(H,24,26)/t16-/m0/s1. The van der Waals surface area contributed by atoms with Gasteiger partial charge in [-0.3, -0.25) is 4.90 Å². The number of hydrogen-bond acceptors (Lipinski definition) is 3. The van der Waals surface area contributed by atoms with Gasteiger partial charge >= 0.3 is 6.03 Å². The number of nitrogens with one attached hydrogen (secondary N) is 1. The molecule has 4 rings (SSSR count). The van der Waals surface area contributed by atoms with Gasteiger partial charge in [-0.05, 0) is 55.8 Å². The van der Waals surface area contributed by atoms with Crippen LogP contribution in [0.25, 0.3) is 0 Å². The van der Waals surface area contributed by atoms with Crippen LogP contribution in [0.1, 0.15) is 25.5 Å². The highest BCUT2D eigenvalue weighted by molar-refractivity contribution is 7.99. The van der Waals surface area contributed by atoms with Crippen molar-refractivity contribution >= 4 is 29.2 Å². The smallest absolute Gasteiger partial charge is 0.327 e. The molecule has 1 heterocycles. The van der Waals surface area contributed by atoms with Crippen molar-refractivity contribution in [2.45, 2.75) is 29.7 Å². The predicted molar refractivity (Wildman–Crippen MR) is 114 cm³/mol. The summed E-state index contributed by atoms with van der Waals surface area (Å²) in [5.74, 6) is 0.834. The zero-order chi connectivity index (χ0) is 19.5. The number of rotatable bonds is 4. The third-order valence-corrected chi connectivity index (χ3v) is 5.80. The molecule has 0 saturated carbocycles. The molecule has 1 N–H and O–H groups in total. The molecule has 28 heavy (non-hydrogen) atoms. The molecule has 3 aromatic rings. The van der Waals surface area contributed by atoms with Crippen molar-refractivity contribution in [2.75, 3.05) is 11.5 Å². The lowest BCUT2D eigenvalue weighted by Crippen LogP contribution is -2.39. The van der Waals surface area contributed by atoms with E-state index in [1.165, 1.54) is 0 Å². The number of para-hydroxylation sites is 2. The molecule has 3 aromatic carbocycles. The highest BCUT2D eigenvalue weighted by Gasteiger charge is 2.28. The van der Waals surface area contributed by atoms with Gasteiger partial charge in [0.2, 0.25) is 0 Å². The number of carbonyl (C=O) groups excluding carboxylic acids is 1. The molecule has 2 amide bonds. The Morgan fingerprint density at radius 3 is 2.11 bits per heavy atom. The second-order valence-corrected chi connectivity index (χ2v) is 7.63. The Bertz CT molecular complexity index is 942. The number of ether oxygens (including phenoxy) is 1. The van der Waals surface area contributed by atoms with E-state index < -0.39 is 0 Å². The van der Waals surface area contributed by atoms with Crippen molar-refractivity contribution in [3.8, 4) is 5.75 Å². The molecule has 0 saturated heterocycles. The summed E-state index contributed by atoms with van der Waals surface area (Å²) in [5, 5.41) is 3.14. The fourth-order valence-corrected chi connectivity index (χ4v) is 4.33. The van der Waals surface area contributed by atoms with Gasteiger partial charge in [0.15, 0.2) is 0 Å². The van der Waals surface area contributed by atoms with Gasteiger partial charge in [0.25, 0.3) is 0 Å². The fourth-order valence-electron chi connectivity index (χ4n) is 3.28. The van der Waals surface area contributed by atoms with Crippen molar-refractivity contribution in [3.63, 3.8) is 0 Å². The summed E-state index contributed by atoms with van der Waals surface area (Å²) in [6.45, 7) is 4.59. The molecule has 0 radical (unpaired) electrons. The van der Waals surface area contributed by atoms with E-state index >= 15 is 0 Å². The normalized spacial score (nSPS) is 13.3. The van der Waals surface area contributed by atoms with Crippen LogP contribution >= 0.6 is 11.8 Å². The highest BCUT2D eigenvalue weighted by Crippen LogP contribution is 2.47. The SMILES string of the molecule is CCOc1ccc([C@H](C)NC(=O)N2c3ccccc3Sc3ccccc32)cc1. The van der Waals surface area contributed by atoms with Gasteiger partial charge in [0, 0.05) is 9.79 Å². The first-order valence-corrected chi connectivity index (χ1v) is 10.2. The first kappa shape index (κ1) is 18.4. The molecule has 1 aliphatic rings. The van der Waals surface area contributed by atoms with Gasteiger partial charge in [0.05, 0.1) is 24.0 Å². The van der Waals surface area contributed by atoms with Crippen LogP contribution in [0.5, 0.6) is 5.75 Å². The molecule has 142 valence electrons. The summed E-state index contributed by atoms with van der Waals surface area (Å²) in [6, 6.07) is 23.6. The van der Waals surface area contributed by atoms with Crippen LogP contribution in [0.4, 0.5) is 16.2 Å². The van der Waals surface area contributed by atoms with E-state index in [2.05, 4.69) is 5.32 Å². The molecule has 0 aliphatic carbocycles. The van der Waals surface area contributed by atoms with Gasteiger partial charge in [-0.15, -0.1) is 0 Å². The number of fused-ring (bicyclic) bond motifs is 2. The topological polar surface area (TPSA) is 41.6 Å². The largest absolute Gasteiger partial charge is 0.494 e. The number of anilines is 2. The fraction of sp³-hybridized carbons (Fsp3) is 0.174. The first-order chi connectivity index (χ1) is 13.7. The van der Waals surface area contributed by atoms with E-state index in [4.69, 9.17) is 4.74 Å². The third kappa shape index (κ3) is 3.58. The lowest BCUT2D eigenvalue weighted by molar-refractivity contribution is 0.245. The minimum absolute atomic E-state index is 0.128. The third-order valence-electron chi connectivity index (χ3n) is 4.67. The Hall–Kier alpha value is -2.92. The maximum absolute atomic E-state index is 13.3. The Labute approximate surface area is 169 Å². The summed E-state index contributed by atoms with van der Waals surface area (Å²) in [4.78, 5) is 17.2. The summed E-state index contributed by atoms with van der Waals surface area (Å²) < 4.78 is 5.50. The summed E-state index contributed by atoms with van der Waals surface area (Å²) in [5.41, 5.74) is 2.84. The van der Waals surface area contributed by atoms with Crippen LogP contribution in [-0.4, -0.2) is 12.6 Å². The molecule has 0 spiro atoms. The maximum atomic E-state index is 13.3. The Morgan fingerprint density at radius 2 is 1.54 bits per heavy atom. The molecule has 1 aliphatic heterocycles. The zero-order valence-corrected chi connectivity index (χ0v) is 16.7. The highest BCUT2D eigenvalue weighted by atomic mass is 32.2. The Morgan fingerprint density at radius 1 is 0.964 bits per heavy atom. The monoisotopic (exact) mass is 390 g/mol. The van der Waals surface area contributed by atoms with Crippen LogP contribution in [-0.2, 0) is 0 Å². The lowest BCUT2D eigenvalue weighted by Gasteiger charge is -2.32. The van der Waals surface area contributed by atoms with E-state index in [9.17, 15) is 4.79 Å². The van der Waals surface area contributed by atoms with Gasteiger partial charge < -0.3 is 10.1 Å². The van der Waals surface area contributed by atoms with Crippen LogP contribution in [0.2, 0.25) is 0 Å². The number of hydrogen-bond donors (Lipinski definition) is 1. The molecule has 0 aromatic heterocycles. The first-order valence-electron chi connectivity index (χ1n) is 9.36. The Balaban J connectivity index is 1.59. The summed E-state index contributed by atoms with van der Waals surface area (Å²) in [6.07, 6.45) is 0. The van der Waals surface area contributed by atoms with Gasteiger partial charge in [-0.25, -0.2) is 4.79 Å². The van der Waals surface area contributed by atoms with Crippen LogP contribution < -0.4 is 15.0 Å². The average molecular weight is 391 g/mol. The number of urea groups is 1. The average Bonchev–Trinajstić information content (AvgIpc) is 2.72. The summed E-state index contributed by atoms with van der Waals surface area (Å²) >= 11 is 1.69. The van der Waals surface area contributed by atoms with Gasteiger partial charge in [-0.2, -0.15) is 0 Å².